The van der Waals surface area contributed by atoms with Gasteiger partial charge in [0.1, 0.15) is 10.0 Å². The molecule has 172 valence electrons. The number of thiazole rings is 2. The third-order valence-corrected chi connectivity index (χ3v) is 9.74. The number of fused-ring (bicyclic) bond motifs is 3. The van der Waals surface area contributed by atoms with Gasteiger partial charge in [-0.1, -0.05) is 6.92 Å². The molecular weight excluding hydrogens is 527 g/mol. The Balaban J connectivity index is 1.57. The predicted molar refractivity (Wildman–Crippen MR) is 148 cm³/mol. The fraction of sp³-hybridized carbons (Fsp3) is 0.120. The van der Waals surface area contributed by atoms with Gasteiger partial charge in [0.15, 0.2) is 11.3 Å². The first-order valence-corrected chi connectivity index (χ1v) is 13.8. The maximum atomic E-state index is 9.04. The zero-order valence-corrected chi connectivity index (χ0v) is 21.9. The summed E-state index contributed by atoms with van der Waals surface area (Å²) in [5, 5.41) is 19.9. The van der Waals surface area contributed by atoms with E-state index in [9.17, 15) is 0 Å². The second-order valence-electron chi connectivity index (χ2n) is 7.41. The lowest BCUT2D eigenvalue weighted by Gasteiger charge is -2.00. The predicted octanol–water partition coefficient (Wildman–Crippen LogP) is 8.14. The molecule has 0 aliphatic rings. The van der Waals surface area contributed by atoms with Crippen molar-refractivity contribution in [2.45, 2.75) is 19.9 Å². The van der Waals surface area contributed by atoms with Crippen molar-refractivity contribution in [3.8, 4) is 31.9 Å². The number of rotatable bonds is 6. The van der Waals surface area contributed by atoms with Crippen LogP contribution in [-0.2, 0) is 6.54 Å². The summed E-state index contributed by atoms with van der Waals surface area (Å²) in [4.78, 5) is 20.0. The lowest BCUT2D eigenvalue weighted by molar-refractivity contribution is 0.713. The van der Waals surface area contributed by atoms with E-state index in [0.29, 0.717) is 0 Å². The summed E-state index contributed by atoms with van der Waals surface area (Å²) >= 11 is 6.27. The molecule has 0 aliphatic heterocycles. The second-order valence-corrected chi connectivity index (χ2v) is 11.6. The highest BCUT2D eigenvalue weighted by molar-refractivity contribution is 7.32. The van der Waals surface area contributed by atoms with Crippen LogP contribution in [0.5, 0.6) is 0 Å². The average Bonchev–Trinajstić information content (AvgIpc) is 3.70. The average molecular weight is 540 g/mol. The number of nitriles is 2. The van der Waals surface area contributed by atoms with Crippen molar-refractivity contribution in [3.05, 3.63) is 68.2 Å². The maximum absolute atomic E-state index is 9.04. The number of aromatic nitrogens is 3. The first-order chi connectivity index (χ1) is 17.6. The van der Waals surface area contributed by atoms with Crippen LogP contribution in [0.2, 0.25) is 0 Å². The molecule has 0 N–H and O–H groups in total. The Labute approximate surface area is 222 Å². The first-order valence-electron chi connectivity index (χ1n) is 10.6. The number of thiophene rings is 2. The fourth-order valence-corrected chi connectivity index (χ4v) is 7.83. The number of hydrogen-bond acceptors (Lipinski definition) is 8. The molecule has 0 aliphatic carbocycles. The minimum absolute atomic E-state index is 0.0612. The first kappa shape index (κ1) is 23.6. The smallest absolute Gasteiger partial charge is 0.263 e. The van der Waals surface area contributed by atoms with Crippen molar-refractivity contribution in [2.75, 3.05) is 0 Å². The Morgan fingerprint density at radius 1 is 0.861 bits per heavy atom. The molecule has 5 aromatic rings. The van der Waals surface area contributed by atoms with Crippen molar-refractivity contribution in [3.63, 3.8) is 0 Å². The molecule has 0 saturated carbocycles. The van der Waals surface area contributed by atoms with E-state index in [2.05, 4.69) is 21.2 Å². The van der Waals surface area contributed by atoms with E-state index in [1.165, 1.54) is 22.7 Å². The molecule has 0 atom stereocenters. The Morgan fingerprint density at radius 3 is 1.72 bits per heavy atom. The summed E-state index contributed by atoms with van der Waals surface area (Å²) in [6, 6.07) is 11.6. The molecule has 0 unspecified atom stereocenters. The van der Waals surface area contributed by atoms with Gasteiger partial charge < -0.3 is 4.57 Å². The Bertz CT molecular complexity index is 1690. The summed E-state index contributed by atoms with van der Waals surface area (Å²) in [5.74, 6) is 0. The molecule has 0 saturated heterocycles. The molecule has 11 heteroatoms. The van der Waals surface area contributed by atoms with E-state index in [1.54, 1.807) is 34.8 Å². The van der Waals surface area contributed by atoms with E-state index in [1.807, 2.05) is 36.4 Å². The highest BCUT2D eigenvalue weighted by atomic mass is 32.1. The molecular formula is C25H13N7S4. The van der Waals surface area contributed by atoms with E-state index in [0.717, 1.165) is 63.2 Å². The monoisotopic (exact) mass is 539 g/mol. The molecule has 0 aromatic carbocycles. The lowest BCUT2D eigenvalue weighted by atomic mass is 10.3. The van der Waals surface area contributed by atoms with Crippen LogP contribution in [0.3, 0.4) is 0 Å². The van der Waals surface area contributed by atoms with Crippen molar-refractivity contribution >= 4 is 78.2 Å². The molecule has 5 heterocycles. The molecule has 0 amide bonds. The second kappa shape index (κ2) is 9.87. The van der Waals surface area contributed by atoms with Gasteiger partial charge in [-0.3, -0.25) is 0 Å². The van der Waals surface area contributed by atoms with Crippen LogP contribution >= 0.6 is 45.3 Å². The highest BCUT2D eigenvalue weighted by Crippen LogP contribution is 2.44. The number of nitrogens with zero attached hydrogens (tertiary/aromatic N) is 7. The minimum Gasteiger partial charge on any atom is -0.308 e. The van der Waals surface area contributed by atoms with Gasteiger partial charge in [0.25, 0.3) is 11.4 Å². The Morgan fingerprint density at radius 2 is 1.33 bits per heavy atom. The van der Waals surface area contributed by atoms with Gasteiger partial charge in [0, 0.05) is 16.3 Å². The summed E-state index contributed by atoms with van der Waals surface area (Å²) in [6.07, 6.45) is 4.14. The SMILES string of the molecule is [C-]#[N+]/C(C#N)=C\c1ccc(-c2nc3c(s2)c2sc(-c4ccc(/C=C(\C#N)[N+]#[C-])s4)nc2n3CCC)s1. The third-order valence-electron chi connectivity index (χ3n) is 5.09. The zero-order valence-electron chi connectivity index (χ0n) is 18.6. The standard InChI is InChI=1S/C25H13N7S4/c1-4-9-32-22-20(35-24(30-22)18-7-5-16(33-18)10-14(12-26)28-2)21-23(32)31-25(36-21)19-8-6-17(34-19)11-15(13-27)29-3/h5-8,10-11H,4,9H2,1H3/b14-10-,15-11+. The molecule has 36 heavy (non-hydrogen) atoms. The van der Waals surface area contributed by atoms with Crippen LogP contribution in [0.15, 0.2) is 35.7 Å². The van der Waals surface area contributed by atoms with Crippen molar-refractivity contribution in [1.29, 1.82) is 10.5 Å². The third kappa shape index (κ3) is 4.22. The normalized spacial score (nSPS) is 11.9. The highest BCUT2D eigenvalue weighted by Gasteiger charge is 2.22. The van der Waals surface area contributed by atoms with Gasteiger partial charge >= 0.3 is 0 Å². The van der Waals surface area contributed by atoms with Crippen LogP contribution in [0.4, 0.5) is 0 Å². The maximum Gasteiger partial charge on any atom is 0.263 e. The molecule has 5 rings (SSSR count). The summed E-state index contributed by atoms with van der Waals surface area (Å²) < 4.78 is 4.36. The minimum atomic E-state index is 0.0612. The van der Waals surface area contributed by atoms with Crippen LogP contribution in [0.1, 0.15) is 23.1 Å². The largest absolute Gasteiger partial charge is 0.308 e. The van der Waals surface area contributed by atoms with Gasteiger partial charge in [-0.25, -0.2) is 30.2 Å². The van der Waals surface area contributed by atoms with Crippen molar-refractivity contribution in [2.24, 2.45) is 0 Å². The van der Waals surface area contributed by atoms with Crippen molar-refractivity contribution < 1.29 is 0 Å². The van der Waals surface area contributed by atoms with Crippen LogP contribution in [-0.4, -0.2) is 14.5 Å². The van der Waals surface area contributed by atoms with Gasteiger partial charge in [0.2, 0.25) is 0 Å². The molecule has 7 nitrogen and oxygen atoms in total. The van der Waals surface area contributed by atoms with E-state index >= 15 is 0 Å². The van der Waals surface area contributed by atoms with E-state index in [-0.39, 0.29) is 11.4 Å². The summed E-state index contributed by atoms with van der Waals surface area (Å²) in [6.45, 7) is 17.1. The van der Waals surface area contributed by atoms with Crippen molar-refractivity contribution in [1.82, 2.24) is 14.5 Å². The van der Waals surface area contributed by atoms with Crippen LogP contribution < -0.4 is 0 Å². The summed E-state index contributed by atoms with van der Waals surface area (Å²) in [7, 11) is 0. The van der Waals surface area contributed by atoms with Gasteiger partial charge in [-0.2, -0.15) is 0 Å². The zero-order chi connectivity index (χ0) is 25.2. The Hall–Kier alpha value is -4.10. The summed E-state index contributed by atoms with van der Waals surface area (Å²) in [5.41, 5.74) is 1.97. The molecule has 0 fully saturated rings. The molecule has 5 aromatic heterocycles. The van der Waals surface area contributed by atoms with Gasteiger partial charge in [-0.15, -0.1) is 45.3 Å². The molecule has 0 bridgehead atoms. The van der Waals surface area contributed by atoms with Gasteiger partial charge in [0.05, 0.1) is 44.4 Å². The van der Waals surface area contributed by atoms with Crippen LogP contribution in [0.25, 0.3) is 62.3 Å². The number of allylic oxidation sites excluding steroid dienone is 2. The van der Waals surface area contributed by atoms with E-state index < -0.39 is 0 Å². The quantitative estimate of drug-likeness (QED) is 0.161. The molecule has 0 radical (unpaired) electrons. The fourth-order valence-electron chi connectivity index (χ4n) is 3.57. The number of hydrogen-bond donors (Lipinski definition) is 0. The van der Waals surface area contributed by atoms with Crippen LogP contribution in [0, 0.1) is 35.8 Å². The lowest BCUT2D eigenvalue weighted by Crippen LogP contribution is -1.97. The topological polar surface area (TPSA) is 87.0 Å². The number of aryl methyl sites for hydroxylation is 1. The van der Waals surface area contributed by atoms with Gasteiger partial charge in [-0.05, 0) is 42.8 Å². The van der Waals surface area contributed by atoms with E-state index in [4.69, 9.17) is 33.6 Å². The molecule has 0 spiro atoms. The Kier molecular flexibility index (Phi) is 6.48.